The molecule has 0 saturated carbocycles. The van der Waals surface area contributed by atoms with Gasteiger partial charge in [0, 0.05) is 32.3 Å². The normalized spacial score (nSPS) is 25.1. The quantitative estimate of drug-likeness (QED) is 0.211. The van der Waals surface area contributed by atoms with Crippen molar-refractivity contribution in [1.29, 1.82) is 0 Å². The van der Waals surface area contributed by atoms with Crippen molar-refractivity contribution in [2.24, 2.45) is 0 Å². The van der Waals surface area contributed by atoms with Gasteiger partial charge in [0.1, 0.15) is 25.0 Å². The fourth-order valence-corrected chi connectivity index (χ4v) is 6.99. The maximum atomic E-state index is 14.6. The van der Waals surface area contributed by atoms with E-state index in [1.165, 1.54) is 0 Å². The zero-order valence-corrected chi connectivity index (χ0v) is 20.5. The highest BCUT2D eigenvalue weighted by Crippen LogP contribution is 2.49. The lowest BCUT2D eigenvalue weighted by Crippen LogP contribution is -2.54. The number of halogens is 6. The molecule has 5 atom stereocenters. The number of aromatic nitrogens is 1. The zero-order valence-electron chi connectivity index (χ0n) is 19.6. The number of nitrogens with one attached hydrogen (secondary N) is 1. The van der Waals surface area contributed by atoms with Crippen molar-refractivity contribution in [2.45, 2.75) is 30.7 Å². The van der Waals surface area contributed by atoms with Crippen molar-refractivity contribution in [3.8, 4) is 0 Å². The summed E-state index contributed by atoms with van der Waals surface area (Å²) in [6.45, 7) is -1.41. The van der Waals surface area contributed by atoms with E-state index < -0.39 is 72.5 Å². The number of nitrogens with zero attached hydrogens (tertiary/aromatic N) is 1. The van der Waals surface area contributed by atoms with E-state index >= 15 is 0 Å². The summed E-state index contributed by atoms with van der Waals surface area (Å²) in [5.74, 6) is -6.94. The highest BCUT2D eigenvalue weighted by atomic mass is 32.1. The van der Waals surface area contributed by atoms with Gasteiger partial charge in [-0.25, -0.2) is 26.3 Å². The van der Waals surface area contributed by atoms with Gasteiger partial charge in [-0.1, -0.05) is 0 Å². The molecule has 3 N–H and O–H groups in total. The van der Waals surface area contributed by atoms with Gasteiger partial charge in [0.15, 0.2) is 35.7 Å². The van der Waals surface area contributed by atoms with Gasteiger partial charge in [-0.2, -0.15) is 0 Å². The first kappa shape index (κ1) is 25.3. The van der Waals surface area contributed by atoms with Crippen LogP contribution in [0.5, 0.6) is 0 Å². The van der Waals surface area contributed by atoms with Gasteiger partial charge in [-0.15, -0.1) is 11.3 Å². The number of carbonyl (C=O) groups excluding carboxylic acids is 2. The van der Waals surface area contributed by atoms with E-state index in [1.807, 2.05) is 0 Å². The molecule has 0 spiro atoms. The number of imide groups is 1. The Labute approximate surface area is 222 Å². The van der Waals surface area contributed by atoms with Crippen LogP contribution in [0.1, 0.15) is 26.9 Å². The van der Waals surface area contributed by atoms with Gasteiger partial charge >= 0.3 is 0 Å². The Kier molecular flexibility index (Phi) is 5.30. The molecule has 40 heavy (non-hydrogen) atoms. The smallest absolute Gasteiger partial charge is 0.259 e. The summed E-state index contributed by atoms with van der Waals surface area (Å²) in [5, 5.41) is 23.2. The molecule has 3 aromatic carbocycles. The standard InChI is InChI=1S/C26H14F6N2O5S/c27-5-13-19(32)21(35)22(36)26(39-13)34-12-3-10(30)8(28)1-6(12)15-17-18(25(38)33-24(17)37)16-7-2-9(29)11(31)4-14(7)40-23(16)20(15)34/h1-4,13,19,21-22,26,35-36H,5H2,(H,33,37,38)/t13-,19-,21+,22-,26-/m1/s1. The van der Waals surface area contributed by atoms with Gasteiger partial charge in [-0.05, 0) is 18.2 Å². The van der Waals surface area contributed by atoms with Crippen molar-refractivity contribution < 1.29 is 50.9 Å². The number of rotatable bonds is 2. The first-order chi connectivity index (χ1) is 19.0. The SMILES string of the molecule is O=C1NC(=O)c2c1c1c3cc(F)c(F)cc3sc1c1c2c2cc(F)c(F)cc2n1[C@@H]1O[C@H](CF)[C@@H](F)[C@H](O)[C@H]1O. The topological polar surface area (TPSA) is 101 Å². The third-order valence-electron chi connectivity index (χ3n) is 7.47. The molecule has 0 radical (unpaired) electrons. The summed E-state index contributed by atoms with van der Waals surface area (Å²) >= 11 is 0.840. The van der Waals surface area contributed by atoms with E-state index in [2.05, 4.69) is 5.32 Å². The van der Waals surface area contributed by atoms with E-state index in [1.54, 1.807) is 0 Å². The maximum Gasteiger partial charge on any atom is 0.259 e. The van der Waals surface area contributed by atoms with Crippen molar-refractivity contribution in [1.82, 2.24) is 9.88 Å². The Morgan fingerprint density at radius 2 is 1.48 bits per heavy atom. The molecule has 4 heterocycles. The molecular weight excluding hydrogens is 566 g/mol. The third-order valence-corrected chi connectivity index (χ3v) is 8.63. The third kappa shape index (κ3) is 3.12. The van der Waals surface area contributed by atoms with E-state index in [-0.39, 0.29) is 53.1 Å². The molecule has 1 saturated heterocycles. The van der Waals surface area contributed by atoms with Crippen LogP contribution in [0.3, 0.4) is 0 Å². The number of aliphatic hydroxyl groups excluding tert-OH is 2. The molecule has 2 aliphatic heterocycles. The van der Waals surface area contributed by atoms with E-state index in [0.717, 1.165) is 34.1 Å². The molecular formula is C26H14F6N2O5S. The molecule has 14 heteroatoms. The number of benzene rings is 3. The number of aliphatic hydroxyl groups is 2. The van der Waals surface area contributed by atoms with Gasteiger partial charge < -0.3 is 19.5 Å². The van der Waals surface area contributed by atoms with Crippen LogP contribution < -0.4 is 5.32 Å². The average molecular weight is 580 g/mol. The molecule has 7 rings (SSSR count). The largest absolute Gasteiger partial charge is 0.387 e. The first-order valence-corrected chi connectivity index (χ1v) is 12.6. The molecule has 2 aliphatic rings. The molecule has 0 bridgehead atoms. The van der Waals surface area contributed by atoms with Crippen LogP contribution in [0.4, 0.5) is 26.3 Å². The highest BCUT2D eigenvalue weighted by molar-refractivity contribution is 7.26. The fourth-order valence-electron chi connectivity index (χ4n) is 5.73. The molecule has 7 nitrogen and oxygen atoms in total. The molecule has 2 amide bonds. The monoisotopic (exact) mass is 580 g/mol. The minimum absolute atomic E-state index is 0.00556. The van der Waals surface area contributed by atoms with E-state index in [4.69, 9.17) is 4.74 Å². The maximum absolute atomic E-state index is 14.6. The molecule has 2 aromatic heterocycles. The number of fused-ring (bicyclic) bond motifs is 10. The fraction of sp³-hybridized carbons (Fsp3) is 0.231. The van der Waals surface area contributed by atoms with Crippen LogP contribution in [-0.2, 0) is 4.74 Å². The number of ether oxygens (including phenoxy) is 1. The van der Waals surface area contributed by atoms with E-state index in [0.29, 0.717) is 6.07 Å². The number of hydrogen-bond acceptors (Lipinski definition) is 6. The lowest BCUT2D eigenvalue weighted by molar-refractivity contribution is -0.229. The zero-order chi connectivity index (χ0) is 28.4. The summed E-state index contributed by atoms with van der Waals surface area (Å²) in [6.07, 6.45) is -10.2. The number of hydrogen-bond donors (Lipinski definition) is 3. The van der Waals surface area contributed by atoms with Crippen molar-refractivity contribution in [2.75, 3.05) is 6.67 Å². The van der Waals surface area contributed by atoms with Gasteiger partial charge in [0.05, 0.1) is 26.9 Å². The van der Waals surface area contributed by atoms with Crippen molar-refractivity contribution in [3.63, 3.8) is 0 Å². The number of carbonyl (C=O) groups is 2. The van der Waals surface area contributed by atoms with Crippen LogP contribution in [0, 0.1) is 23.3 Å². The predicted octanol–water partition coefficient (Wildman–Crippen LogP) is 4.53. The van der Waals surface area contributed by atoms with Crippen molar-refractivity contribution in [3.05, 3.63) is 58.7 Å². The Balaban J connectivity index is 1.74. The summed E-state index contributed by atoms with van der Waals surface area (Å²) in [4.78, 5) is 26.1. The molecule has 1 fully saturated rings. The number of amides is 2. The lowest BCUT2D eigenvalue weighted by Gasteiger charge is -2.39. The van der Waals surface area contributed by atoms with E-state index in [9.17, 15) is 46.1 Å². The van der Waals surface area contributed by atoms with Crippen LogP contribution in [0.25, 0.3) is 42.0 Å². The highest BCUT2D eigenvalue weighted by Gasteiger charge is 2.47. The summed E-state index contributed by atoms with van der Waals surface area (Å²) < 4.78 is 92.8. The van der Waals surface area contributed by atoms with Crippen LogP contribution >= 0.6 is 11.3 Å². The molecule has 206 valence electrons. The van der Waals surface area contributed by atoms with Gasteiger partial charge in [0.2, 0.25) is 0 Å². The first-order valence-electron chi connectivity index (χ1n) is 11.8. The second-order valence-electron chi connectivity index (χ2n) is 9.62. The van der Waals surface area contributed by atoms with Crippen molar-refractivity contribution >= 4 is 65.1 Å². The van der Waals surface area contributed by atoms with Crippen LogP contribution in [0.2, 0.25) is 0 Å². The number of alkyl halides is 2. The molecule has 0 unspecified atom stereocenters. The minimum Gasteiger partial charge on any atom is -0.387 e. The lowest BCUT2D eigenvalue weighted by atomic mass is 9.96. The Morgan fingerprint density at radius 3 is 2.15 bits per heavy atom. The molecule has 0 aliphatic carbocycles. The second kappa shape index (κ2) is 8.39. The summed E-state index contributed by atoms with van der Waals surface area (Å²) in [6, 6.07) is 3.16. The molecule has 5 aromatic rings. The Morgan fingerprint density at radius 1 is 0.875 bits per heavy atom. The number of thiophene rings is 1. The summed E-state index contributed by atoms with van der Waals surface area (Å²) in [5.41, 5.74) is -0.796. The van der Waals surface area contributed by atoms with Gasteiger partial charge in [0.25, 0.3) is 11.8 Å². The predicted molar refractivity (Wildman–Crippen MR) is 131 cm³/mol. The van der Waals surface area contributed by atoms with Gasteiger partial charge in [-0.3, -0.25) is 14.9 Å². The van der Waals surface area contributed by atoms with Crippen LogP contribution in [0.15, 0.2) is 24.3 Å². The summed E-state index contributed by atoms with van der Waals surface area (Å²) in [7, 11) is 0. The Hall–Kier alpha value is -3.72. The average Bonchev–Trinajstić information content (AvgIpc) is 3.52. The van der Waals surface area contributed by atoms with Crippen LogP contribution in [-0.4, -0.2) is 57.8 Å². The second-order valence-corrected chi connectivity index (χ2v) is 10.7. The Bertz CT molecular complexity index is 1970. The minimum atomic E-state index is -2.33.